The predicted molar refractivity (Wildman–Crippen MR) is 248 cm³/mol. The standard InChI is InChI=1S/C58H39NO/c1-57(2)47-25-8-3-18-40(47)43-33-32-38(35-52(43)57)59(37-17-13-16-36(34-37)39-23-14-24-45-44-21-7-12-31-54(44)60-56(39)45)53-30-15-29-51-55(53)46-22-6-11-28-50(46)58(51)48-26-9-4-19-41(48)42-20-5-10-27-49(42)58/h3-35H,1-2H3. The second-order valence-corrected chi connectivity index (χ2v) is 17.2. The predicted octanol–water partition coefficient (Wildman–Crippen LogP) is 15.4. The smallest absolute Gasteiger partial charge is 0.143 e. The summed E-state index contributed by atoms with van der Waals surface area (Å²) in [5.74, 6) is 0. The van der Waals surface area contributed by atoms with E-state index in [9.17, 15) is 0 Å². The fraction of sp³-hybridized carbons (Fsp3) is 0.0690. The molecular formula is C58H39NO. The molecule has 13 rings (SSSR count). The van der Waals surface area contributed by atoms with Gasteiger partial charge in [-0.2, -0.15) is 0 Å². The minimum absolute atomic E-state index is 0.154. The van der Waals surface area contributed by atoms with E-state index in [-0.39, 0.29) is 5.41 Å². The van der Waals surface area contributed by atoms with Crippen LogP contribution >= 0.6 is 0 Å². The van der Waals surface area contributed by atoms with Crippen molar-refractivity contribution in [1.82, 2.24) is 0 Å². The van der Waals surface area contributed by atoms with Gasteiger partial charge in [0.25, 0.3) is 0 Å². The van der Waals surface area contributed by atoms with Gasteiger partial charge < -0.3 is 9.32 Å². The lowest BCUT2D eigenvalue weighted by Gasteiger charge is -2.32. The second kappa shape index (κ2) is 12.1. The average molecular weight is 766 g/mol. The number of nitrogens with zero attached hydrogens (tertiary/aromatic N) is 1. The van der Waals surface area contributed by atoms with E-state index in [0.717, 1.165) is 50.1 Å². The monoisotopic (exact) mass is 765 g/mol. The summed E-state index contributed by atoms with van der Waals surface area (Å²) in [5.41, 5.74) is 22.7. The Balaban J connectivity index is 1.09. The van der Waals surface area contributed by atoms with Crippen LogP contribution < -0.4 is 4.90 Å². The van der Waals surface area contributed by atoms with Gasteiger partial charge in [-0.1, -0.05) is 178 Å². The Morgan fingerprint density at radius 2 is 0.917 bits per heavy atom. The summed E-state index contributed by atoms with van der Waals surface area (Å²) in [5, 5.41) is 2.27. The highest BCUT2D eigenvalue weighted by Gasteiger charge is 2.52. The molecule has 0 saturated carbocycles. The van der Waals surface area contributed by atoms with Gasteiger partial charge in [-0.25, -0.2) is 0 Å². The van der Waals surface area contributed by atoms with E-state index in [1.165, 1.54) is 66.8 Å². The van der Waals surface area contributed by atoms with Gasteiger partial charge in [-0.3, -0.25) is 0 Å². The maximum Gasteiger partial charge on any atom is 0.143 e. The molecule has 2 heteroatoms. The van der Waals surface area contributed by atoms with Crippen molar-refractivity contribution in [1.29, 1.82) is 0 Å². The van der Waals surface area contributed by atoms with Crippen LogP contribution in [0.4, 0.5) is 17.1 Å². The van der Waals surface area contributed by atoms with Crippen molar-refractivity contribution in [3.8, 4) is 44.5 Å². The molecule has 0 atom stereocenters. The largest absolute Gasteiger partial charge is 0.455 e. The van der Waals surface area contributed by atoms with Gasteiger partial charge in [0.2, 0.25) is 0 Å². The molecule has 2 nitrogen and oxygen atoms in total. The first-order valence-corrected chi connectivity index (χ1v) is 21.0. The molecule has 0 unspecified atom stereocenters. The molecule has 3 aliphatic carbocycles. The van der Waals surface area contributed by atoms with Crippen molar-refractivity contribution in [3.05, 3.63) is 234 Å². The molecule has 0 aliphatic heterocycles. The average Bonchev–Trinajstić information content (AvgIpc) is 3.99. The van der Waals surface area contributed by atoms with E-state index in [4.69, 9.17) is 4.42 Å². The van der Waals surface area contributed by atoms with Crippen LogP contribution in [0.3, 0.4) is 0 Å². The van der Waals surface area contributed by atoms with Crippen LogP contribution in [0.2, 0.25) is 0 Å². The number of hydrogen-bond donors (Lipinski definition) is 0. The van der Waals surface area contributed by atoms with Crippen LogP contribution in [0.15, 0.2) is 205 Å². The Bertz CT molecular complexity index is 3390. The highest BCUT2D eigenvalue weighted by atomic mass is 16.3. The van der Waals surface area contributed by atoms with Crippen molar-refractivity contribution in [2.24, 2.45) is 0 Å². The molecule has 0 saturated heterocycles. The zero-order valence-electron chi connectivity index (χ0n) is 33.4. The third-order valence-corrected chi connectivity index (χ3v) is 13.9. The Hall–Kier alpha value is -7.42. The summed E-state index contributed by atoms with van der Waals surface area (Å²) in [7, 11) is 0. The van der Waals surface area contributed by atoms with Gasteiger partial charge >= 0.3 is 0 Å². The molecule has 1 aromatic heterocycles. The maximum atomic E-state index is 6.61. The van der Waals surface area contributed by atoms with E-state index in [2.05, 4.69) is 213 Å². The molecule has 9 aromatic carbocycles. The van der Waals surface area contributed by atoms with E-state index >= 15 is 0 Å². The SMILES string of the molecule is CC1(C)c2ccccc2-c2ccc(N(c3cccc(-c4cccc5c4oc4ccccc45)c3)c3cccc4c3-c3ccccc3C43c4ccccc4-c4ccccc43)cc21. The summed E-state index contributed by atoms with van der Waals surface area (Å²) < 4.78 is 6.61. The van der Waals surface area contributed by atoms with Crippen LogP contribution in [0.5, 0.6) is 0 Å². The molecule has 0 N–H and O–H groups in total. The first-order valence-electron chi connectivity index (χ1n) is 21.0. The summed E-state index contributed by atoms with van der Waals surface area (Å²) in [6.07, 6.45) is 0. The lowest BCUT2D eigenvalue weighted by atomic mass is 9.70. The van der Waals surface area contributed by atoms with Crippen LogP contribution in [-0.2, 0) is 10.8 Å². The highest BCUT2D eigenvalue weighted by Crippen LogP contribution is 2.65. The fourth-order valence-electron chi connectivity index (χ4n) is 11.4. The van der Waals surface area contributed by atoms with Crippen LogP contribution in [0, 0.1) is 0 Å². The molecule has 0 amide bonds. The van der Waals surface area contributed by atoms with E-state index in [0.29, 0.717) is 0 Å². The Morgan fingerprint density at radius 1 is 0.383 bits per heavy atom. The quantitative estimate of drug-likeness (QED) is 0.177. The molecule has 282 valence electrons. The van der Waals surface area contributed by atoms with Crippen molar-refractivity contribution in [2.75, 3.05) is 4.90 Å². The number of rotatable bonds is 4. The number of para-hydroxylation sites is 2. The number of anilines is 3. The van der Waals surface area contributed by atoms with Crippen molar-refractivity contribution < 1.29 is 4.42 Å². The number of furan rings is 1. The number of hydrogen-bond acceptors (Lipinski definition) is 2. The van der Waals surface area contributed by atoms with Crippen LogP contribution in [-0.4, -0.2) is 0 Å². The molecule has 1 spiro atoms. The third-order valence-electron chi connectivity index (χ3n) is 13.9. The zero-order valence-corrected chi connectivity index (χ0v) is 33.4. The summed E-state index contributed by atoms with van der Waals surface area (Å²) in [4.78, 5) is 2.52. The summed E-state index contributed by atoms with van der Waals surface area (Å²) in [6, 6.07) is 74.2. The topological polar surface area (TPSA) is 16.4 Å². The van der Waals surface area contributed by atoms with Gasteiger partial charge in [-0.05, 0) is 103 Å². The van der Waals surface area contributed by atoms with E-state index in [1.807, 2.05) is 6.07 Å². The van der Waals surface area contributed by atoms with Crippen molar-refractivity contribution >= 4 is 39.0 Å². The molecule has 0 fully saturated rings. The molecule has 0 radical (unpaired) electrons. The van der Waals surface area contributed by atoms with Crippen LogP contribution in [0.1, 0.15) is 47.2 Å². The molecule has 0 bridgehead atoms. The molecular weight excluding hydrogens is 727 g/mol. The molecule has 1 heterocycles. The van der Waals surface area contributed by atoms with Gasteiger partial charge in [0.1, 0.15) is 11.2 Å². The lowest BCUT2D eigenvalue weighted by Crippen LogP contribution is -2.26. The number of benzene rings is 9. The normalized spacial score (nSPS) is 14.4. The number of fused-ring (bicyclic) bond motifs is 16. The lowest BCUT2D eigenvalue weighted by molar-refractivity contribution is 0.660. The van der Waals surface area contributed by atoms with E-state index < -0.39 is 5.41 Å². The Kier molecular flexibility index (Phi) is 6.74. The minimum atomic E-state index is -0.443. The molecule has 10 aromatic rings. The molecule has 3 aliphatic rings. The zero-order chi connectivity index (χ0) is 39.7. The summed E-state index contributed by atoms with van der Waals surface area (Å²) >= 11 is 0. The van der Waals surface area contributed by atoms with Gasteiger partial charge in [0, 0.05) is 38.7 Å². The van der Waals surface area contributed by atoms with Gasteiger partial charge in [0.05, 0.1) is 11.1 Å². The van der Waals surface area contributed by atoms with Crippen molar-refractivity contribution in [2.45, 2.75) is 24.7 Å². The van der Waals surface area contributed by atoms with Crippen molar-refractivity contribution in [3.63, 3.8) is 0 Å². The Morgan fingerprint density at radius 3 is 1.68 bits per heavy atom. The second-order valence-electron chi connectivity index (χ2n) is 17.2. The first-order chi connectivity index (χ1) is 29.5. The Labute approximate surface area is 349 Å². The third kappa shape index (κ3) is 4.27. The first kappa shape index (κ1) is 33.5. The minimum Gasteiger partial charge on any atom is -0.455 e. The fourth-order valence-corrected chi connectivity index (χ4v) is 11.4. The summed E-state index contributed by atoms with van der Waals surface area (Å²) in [6.45, 7) is 4.74. The van der Waals surface area contributed by atoms with Gasteiger partial charge in [-0.15, -0.1) is 0 Å². The van der Waals surface area contributed by atoms with Gasteiger partial charge in [0.15, 0.2) is 0 Å². The van der Waals surface area contributed by atoms with Crippen LogP contribution in [0.25, 0.3) is 66.4 Å². The highest BCUT2D eigenvalue weighted by molar-refractivity contribution is 6.10. The maximum absolute atomic E-state index is 6.61. The molecule has 60 heavy (non-hydrogen) atoms. The van der Waals surface area contributed by atoms with E-state index in [1.54, 1.807) is 0 Å².